The first-order chi connectivity index (χ1) is 7.56. The second-order valence-corrected chi connectivity index (χ2v) is 4.18. The van der Waals surface area contributed by atoms with E-state index in [-0.39, 0.29) is 0 Å². The Bertz CT molecular complexity index is 374. The summed E-state index contributed by atoms with van der Waals surface area (Å²) in [5.41, 5.74) is 2.09. The number of carbonyl (C=O) groups is 1. The van der Waals surface area contributed by atoms with E-state index in [1.807, 2.05) is 13.0 Å². The lowest BCUT2D eigenvalue weighted by Gasteiger charge is -2.14. The van der Waals surface area contributed by atoms with Gasteiger partial charge in [-0.25, -0.2) is 4.79 Å². The van der Waals surface area contributed by atoms with Crippen molar-refractivity contribution in [3.8, 4) is 0 Å². The topological polar surface area (TPSA) is 49.3 Å². The summed E-state index contributed by atoms with van der Waals surface area (Å²) in [6.07, 6.45) is 1.12. The lowest BCUT2D eigenvalue weighted by atomic mass is 10.1. The van der Waals surface area contributed by atoms with Gasteiger partial charge >= 0.3 is 5.97 Å². The van der Waals surface area contributed by atoms with E-state index in [1.165, 1.54) is 0 Å². The van der Waals surface area contributed by atoms with Gasteiger partial charge in [0, 0.05) is 12.2 Å². The fourth-order valence-corrected chi connectivity index (χ4v) is 1.49. The van der Waals surface area contributed by atoms with Crippen LogP contribution >= 0.6 is 0 Å². The zero-order valence-electron chi connectivity index (χ0n) is 10.1. The van der Waals surface area contributed by atoms with E-state index in [4.69, 9.17) is 5.11 Å². The molecule has 3 nitrogen and oxygen atoms in total. The minimum atomic E-state index is -0.871. The summed E-state index contributed by atoms with van der Waals surface area (Å²) in [7, 11) is 0. The van der Waals surface area contributed by atoms with Gasteiger partial charge in [-0.1, -0.05) is 26.3 Å². The lowest BCUT2D eigenvalue weighted by molar-refractivity contribution is 0.0696. The van der Waals surface area contributed by atoms with Crippen LogP contribution < -0.4 is 5.32 Å². The fraction of sp³-hybridized carbons (Fsp3) is 0.462. The van der Waals surface area contributed by atoms with Crippen molar-refractivity contribution in [3.63, 3.8) is 0 Å². The molecule has 0 heterocycles. The number of hydrogen-bond donors (Lipinski definition) is 2. The lowest BCUT2D eigenvalue weighted by Crippen LogP contribution is -2.12. The van der Waals surface area contributed by atoms with Crippen LogP contribution in [0, 0.1) is 12.8 Å². The van der Waals surface area contributed by atoms with Gasteiger partial charge in [-0.15, -0.1) is 0 Å². The van der Waals surface area contributed by atoms with E-state index in [0.717, 1.165) is 24.2 Å². The third kappa shape index (κ3) is 2.99. The molecule has 0 saturated heterocycles. The molecule has 16 heavy (non-hydrogen) atoms. The summed E-state index contributed by atoms with van der Waals surface area (Å²) < 4.78 is 0. The maximum absolute atomic E-state index is 10.9. The highest BCUT2D eigenvalue weighted by Crippen LogP contribution is 2.19. The van der Waals surface area contributed by atoms with Crippen molar-refractivity contribution < 1.29 is 9.90 Å². The Morgan fingerprint density at radius 2 is 2.19 bits per heavy atom. The van der Waals surface area contributed by atoms with E-state index < -0.39 is 5.97 Å². The van der Waals surface area contributed by atoms with Crippen molar-refractivity contribution in [2.75, 3.05) is 11.9 Å². The van der Waals surface area contributed by atoms with Gasteiger partial charge in [0.15, 0.2) is 0 Å². The molecule has 0 radical (unpaired) electrons. The Labute approximate surface area is 96.5 Å². The van der Waals surface area contributed by atoms with Crippen molar-refractivity contribution >= 4 is 11.7 Å². The highest BCUT2D eigenvalue weighted by Gasteiger charge is 2.09. The predicted octanol–water partition coefficient (Wildman–Crippen LogP) is 3.15. The summed E-state index contributed by atoms with van der Waals surface area (Å²) in [6, 6.07) is 5.33. The molecule has 88 valence electrons. The third-order valence-corrected chi connectivity index (χ3v) is 2.90. The molecular formula is C13H19NO2. The second-order valence-electron chi connectivity index (χ2n) is 4.18. The van der Waals surface area contributed by atoms with E-state index >= 15 is 0 Å². The van der Waals surface area contributed by atoms with Crippen molar-refractivity contribution in [2.45, 2.75) is 27.2 Å². The minimum absolute atomic E-state index is 0.370. The number of anilines is 1. The molecule has 0 aliphatic heterocycles. The molecule has 0 aliphatic rings. The quantitative estimate of drug-likeness (QED) is 0.803. The summed E-state index contributed by atoms with van der Waals surface area (Å²) in [5, 5.41) is 12.3. The van der Waals surface area contributed by atoms with Gasteiger partial charge in [0.2, 0.25) is 0 Å². The van der Waals surface area contributed by atoms with Crippen molar-refractivity contribution in [1.82, 2.24) is 0 Å². The molecule has 0 saturated carbocycles. The standard InChI is InChI=1S/C13H19NO2/c1-4-9(2)8-14-12-7-5-6-11(10(12)3)13(15)16/h5-7,9,14H,4,8H2,1-3H3,(H,15,16). The molecule has 1 aromatic rings. The summed E-state index contributed by atoms with van der Waals surface area (Å²) >= 11 is 0. The van der Waals surface area contributed by atoms with E-state index in [1.54, 1.807) is 12.1 Å². The van der Waals surface area contributed by atoms with E-state index in [0.29, 0.717) is 11.5 Å². The van der Waals surface area contributed by atoms with E-state index in [2.05, 4.69) is 19.2 Å². The number of carboxylic acids is 1. The molecule has 1 rings (SSSR count). The molecule has 0 fully saturated rings. The molecular weight excluding hydrogens is 202 g/mol. The first-order valence-electron chi connectivity index (χ1n) is 5.63. The minimum Gasteiger partial charge on any atom is -0.478 e. The van der Waals surface area contributed by atoms with E-state index in [9.17, 15) is 4.79 Å². The molecule has 0 aromatic heterocycles. The van der Waals surface area contributed by atoms with Gasteiger partial charge in [0.1, 0.15) is 0 Å². The SMILES string of the molecule is CCC(C)CNc1cccc(C(=O)O)c1C. The van der Waals surface area contributed by atoms with Crippen LogP contribution in [0.1, 0.15) is 36.2 Å². The molecule has 2 N–H and O–H groups in total. The van der Waals surface area contributed by atoms with Crippen LogP contribution in [-0.2, 0) is 0 Å². The van der Waals surface area contributed by atoms with Gasteiger partial charge < -0.3 is 10.4 Å². The van der Waals surface area contributed by atoms with Crippen LogP contribution in [-0.4, -0.2) is 17.6 Å². The van der Waals surface area contributed by atoms with Gasteiger partial charge in [-0.3, -0.25) is 0 Å². The first kappa shape index (κ1) is 12.6. The maximum atomic E-state index is 10.9. The highest BCUT2D eigenvalue weighted by atomic mass is 16.4. The van der Waals surface area contributed by atoms with Crippen molar-refractivity contribution in [2.24, 2.45) is 5.92 Å². The van der Waals surface area contributed by atoms with Crippen molar-refractivity contribution in [1.29, 1.82) is 0 Å². The zero-order chi connectivity index (χ0) is 12.1. The molecule has 0 bridgehead atoms. The maximum Gasteiger partial charge on any atom is 0.336 e. The fourth-order valence-electron chi connectivity index (χ4n) is 1.49. The average molecular weight is 221 g/mol. The largest absolute Gasteiger partial charge is 0.478 e. The van der Waals surface area contributed by atoms with Gasteiger partial charge in [0.25, 0.3) is 0 Å². The number of hydrogen-bond acceptors (Lipinski definition) is 2. The third-order valence-electron chi connectivity index (χ3n) is 2.90. The summed E-state index contributed by atoms with van der Waals surface area (Å²) in [4.78, 5) is 10.9. The first-order valence-corrected chi connectivity index (χ1v) is 5.63. The van der Waals surface area contributed by atoms with Crippen LogP contribution in [0.25, 0.3) is 0 Å². The Morgan fingerprint density at radius 1 is 1.50 bits per heavy atom. The van der Waals surface area contributed by atoms with Crippen LogP contribution in [0.15, 0.2) is 18.2 Å². The Kier molecular flexibility index (Phi) is 4.35. The normalized spacial score (nSPS) is 12.2. The van der Waals surface area contributed by atoms with Crippen LogP contribution in [0.4, 0.5) is 5.69 Å². The summed E-state index contributed by atoms with van der Waals surface area (Å²) in [6.45, 7) is 7.03. The molecule has 1 aromatic carbocycles. The second kappa shape index (κ2) is 5.54. The van der Waals surface area contributed by atoms with Crippen LogP contribution in [0.5, 0.6) is 0 Å². The molecule has 1 atom stereocenters. The monoisotopic (exact) mass is 221 g/mol. The Hall–Kier alpha value is -1.51. The molecule has 0 spiro atoms. The number of nitrogens with one attached hydrogen (secondary N) is 1. The summed E-state index contributed by atoms with van der Waals surface area (Å²) in [5.74, 6) is -0.280. The van der Waals surface area contributed by atoms with Crippen LogP contribution in [0.2, 0.25) is 0 Å². The number of benzene rings is 1. The smallest absolute Gasteiger partial charge is 0.336 e. The molecule has 1 unspecified atom stereocenters. The number of aromatic carboxylic acids is 1. The number of rotatable bonds is 5. The molecule has 0 aliphatic carbocycles. The number of carboxylic acid groups (broad SMARTS) is 1. The van der Waals surface area contributed by atoms with Gasteiger partial charge in [-0.05, 0) is 30.5 Å². The van der Waals surface area contributed by atoms with Gasteiger partial charge in [-0.2, -0.15) is 0 Å². The Balaban J connectivity index is 2.81. The van der Waals surface area contributed by atoms with Gasteiger partial charge in [0.05, 0.1) is 5.56 Å². The average Bonchev–Trinajstić information content (AvgIpc) is 2.26. The molecule has 0 amide bonds. The van der Waals surface area contributed by atoms with Crippen LogP contribution in [0.3, 0.4) is 0 Å². The predicted molar refractivity (Wildman–Crippen MR) is 66.1 cm³/mol. The molecule has 3 heteroatoms. The van der Waals surface area contributed by atoms with Crippen molar-refractivity contribution in [3.05, 3.63) is 29.3 Å². The zero-order valence-corrected chi connectivity index (χ0v) is 10.1. The highest BCUT2D eigenvalue weighted by molar-refractivity contribution is 5.91. The Morgan fingerprint density at radius 3 is 2.75 bits per heavy atom.